The number of nitrogens with one attached hydrogen (secondary N) is 1. The molecule has 0 aliphatic carbocycles. The Kier molecular flexibility index (Phi) is 2.96. The van der Waals surface area contributed by atoms with Gasteiger partial charge in [0.15, 0.2) is 0 Å². The van der Waals surface area contributed by atoms with Crippen LogP contribution < -0.4 is 5.32 Å². The van der Waals surface area contributed by atoms with Crippen molar-refractivity contribution in [1.82, 2.24) is 15.4 Å². The predicted molar refractivity (Wildman–Crippen MR) is 71.2 cm³/mol. The molecule has 19 heavy (non-hydrogen) atoms. The highest BCUT2D eigenvalue weighted by Crippen LogP contribution is 2.20. The fourth-order valence-electron chi connectivity index (χ4n) is 1.65. The summed E-state index contributed by atoms with van der Waals surface area (Å²) in [6.45, 7) is 1.98. The minimum absolute atomic E-state index is 0.184. The Morgan fingerprint density at radius 3 is 3.00 bits per heavy atom. The van der Waals surface area contributed by atoms with E-state index in [0.29, 0.717) is 16.0 Å². The smallest absolute Gasteiger partial charge is 0.296 e. The molecule has 0 saturated heterocycles. The number of rotatable bonds is 3. The highest BCUT2D eigenvalue weighted by atomic mass is 32.1. The molecule has 3 aromatic rings. The molecule has 0 atom stereocenters. The molecule has 7 heteroatoms. The van der Waals surface area contributed by atoms with Crippen molar-refractivity contribution in [2.45, 2.75) is 13.3 Å². The lowest BCUT2D eigenvalue weighted by Gasteiger charge is -1.96. The molecule has 2 aromatic heterocycles. The maximum atomic E-state index is 12.1. The lowest BCUT2D eigenvalue weighted by molar-refractivity contribution is 0.0990. The minimum atomic E-state index is -0.368. The summed E-state index contributed by atoms with van der Waals surface area (Å²) in [6.07, 6.45) is 0.790. The lowest BCUT2D eigenvalue weighted by atomic mass is 10.2. The van der Waals surface area contributed by atoms with Crippen LogP contribution >= 0.6 is 11.3 Å². The summed E-state index contributed by atoms with van der Waals surface area (Å²) >= 11 is 1.35. The van der Waals surface area contributed by atoms with Gasteiger partial charge in [0.1, 0.15) is 10.5 Å². The zero-order valence-electron chi connectivity index (χ0n) is 10.1. The highest BCUT2D eigenvalue weighted by Gasteiger charge is 2.17. The van der Waals surface area contributed by atoms with Crippen molar-refractivity contribution < 1.29 is 9.32 Å². The molecule has 1 N–H and O–H groups in total. The second-order valence-electron chi connectivity index (χ2n) is 3.84. The first-order valence-electron chi connectivity index (χ1n) is 5.76. The SMILES string of the molecule is CCc1nnc(NC(=O)c2onc3ccccc23)s1. The van der Waals surface area contributed by atoms with Crippen LogP contribution in [0.3, 0.4) is 0 Å². The number of nitrogens with zero attached hydrogens (tertiary/aromatic N) is 3. The first kappa shape index (κ1) is 11.8. The van der Waals surface area contributed by atoms with Crippen molar-refractivity contribution in [1.29, 1.82) is 0 Å². The number of hydrogen-bond acceptors (Lipinski definition) is 6. The zero-order chi connectivity index (χ0) is 13.2. The summed E-state index contributed by atoms with van der Waals surface area (Å²) < 4.78 is 5.08. The van der Waals surface area contributed by atoms with Crippen LogP contribution in [-0.2, 0) is 6.42 Å². The number of amides is 1. The average Bonchev–Trinajstić information content (AvgIpc) is 3.04. The fraction of sp³-hybridized carbons (Fsp3) is 0.167. The van der Waals surface area contributed by atoms with Crippen LogP contribution in [-0.4, -0.2) is 21.3 Å². The summed E-state index contributed by atoms with van der Waals surface area (Å²) in [6, 6.07) is 7.25. The maximum Gasteiger partial charge on any atom is 0.296 e. The van der Waals surface area contributed by atoms with E-state index in [1.54, 1.807) is 12.1 Å². The number of carbonyl (C=O) groups is 1. The van der Waals surface area contributed by atoms with Crippen molar-refractivity contribution in [2.75, 3.05) is 5.32 Å². The van der Waals surface area contributed by atoms with E-state index in [1.165, 1.54) is 11.3 Å². The van der Waals surface area contributed by atoms with Crippen molar-refractivity contribution >= 4 is 33.3 Å². The van der Waals surface area contributed by atoms with Gasteiger partial charge in [0.2, 0.25) is 10.9 Å². The summed E-state index contributed by atoms with van der Waals surface area (Å²) in [7, 11) is 0. The largest absolute Gasteiger partial charge is 0.350 e. The fourth-order valence-corrected chi connectivity index (χ4v) is 2.33. The number of benzene rings is 1. The molecular weight excluding hydrogens is 264 g/mol. The van der Waals surface area contributed by atoms with Gasteiger partial charge in [-0.15, -0.1) is 10.2 Å². The third-order valence-electron chi connectivity index (χ3n) is 2.58. The first-order valence-corrected chi connectivity index (χ1v) is 6.57. The van der Waals surface area contributed by atoms with Gasteiger partial charge < -0.3 is 4.52 Å². The van der Waals surface area contributed by atoms with Crippen LogP contribution in [0.25, 0.3) is 10.9 Å². The second kappa shape index (κ2) is 4.77. The van der Waals surface area contributed by atoms with E-state index in [2.05, 4.69) is 20.7 Å². The Morgan fingerprint density at radius 2 is 2.21 bits per heavy atom. The van der Waals surface area contributed by atoms with Crippen molar-refractivity contribution in [3.8, 4) is 0 Å². The van der Waals surface area contributed by atoms with E-state index in [1.807, 2.05) is 19.1 Å². The van der Waals surface area contributed by atoms with Gasteiger partial charge in [-0.3, -0.25) is 10.1 Å². The Morgan fingerprint density at radius 1 is 1.37 bits per heavy atom. The van der Waals surface area contributed by atoms with E-state index in [0.717, 1.165) is 11.4 Å². The molecule has 0 spiro atoms. The quantitative estimate of drug-likeness (QED) is 0.793. The van der Waals surface area contributed by atoms with Gasteiger partial charge in [-0.1, -0.05) is 35.5 Å². The number of aromatic nitrogens is 3. The standard InChI is InChI=1S/C12H10N4O2S/c1-2-9-14-15-12(19-9)13-11(17)10-7-5-3-4-6-8(7)16-18-10/h3-6H,2H2,1H3,(H,13,15,17). The van der Waals surface area contributed by atoms with Crippen molar-refractivity contribution in [3.05, 3.63) is 35.0 Å². The Hall–Kier alpha value is -2.28. The van der Waals surface area contributed by atoms with Gasteiger partial charge in [0.25, 0.3) is 5.91 Å². The van der Waals surface area contributed by atoms with E-state index >= 15 is 0 Å². The van der Waals surface area contributed by atoms with Gasteiger partial charge in [0, 0.05) is 0 Å². The van der Waals surface area contributed by atoms with Gasteiger partial charge >= 0.3 is 0 Å². The second-order valence-corrected chi connectivity index (χ2v) is 4.90. The van der Waals surface area contributed by atoms with Crippen LogP contribution in [0, 0.1) is 0 Å². The molecule has 0 aliphatic rings. The number of hydrogen-bond donors (Lipinski definition) is 1. The van der Waals surface area contributed by atoms with Crippen LogP contribution in [0.1, 0.15) is 22.5 Å². The Balaban J connectivity index is 1.87. The molecule has 0 saturated carbocycles. The average molecular weight is 274 g/mol. The van der Waals surface area contributed by atoms with E-state index in [4.69, 9.17) is 4.52 Å². The van der Waals surface area contributed by atoms with Crippen molar-refractivity contribution in [2.24, 2.45) is 0 Å². The lowest BCUT2D eigenvalue weighted by Crippen LogP contribution is -2.11. The molecule has 1 aromatic carbocycles. The molecule has 3 rings (SSSR count). The Bertz CT molecular complexity index is 734. The monoisotopic (exact) mass is 274 g/mol. The normalized spacial score (nSPS) is 10.8. The van der Waals surface area contributed by atoms with Crippen LogP contribution in [0.2, 0.25) is 0 Å². The van der Waals surface area contributed by atoms with Crippen LogP contribution in [0.4, 0.5) is 5.13 Å². The molecule has 0 unspecified atom stereocenters. The molecule has 6 nitrogen and oxygen atoms in total. The summed E-state index contributed by atoms with van der Waals surface area (Å²) in [5, 5.41) is 16.3. The summed E-state index contributed by atoms with van der Waals surface area (Å²) in [4.78, 5) is 12.1. The molecule has 0 radical (unpaired) electrons. The summed E-state index contributed by atoms with van der Waals surface area (Å²) in [5.74, 6) is -0.184. The van der Waals surface area contributed by atoms with Crippen LogP contribution in [0.15, 0.2) is 28.8 Å². The number of anilines is 1. The molecular formula is C12H10N4O2S. The predicted octanol–water partition coefficient (Wildman–Crippen LogP) is 2.49. The van der Waals surface area contributed by atoms with Gasteiger partial charge in [0.05, 0.1) is 5.39 Å². The van der Waals surface area contributed by atoms with E-state index in [-0.39, 0.29) is 11.7 Å². The Labute approximate surface area is 112 Å². The topological polar surface area (TPSA) is 80.9 Å². The van der Waals surface area contributed by atoms with Gasteiger partial charge in [-0.05, 0) is 18.6 Å². The molecule has 2 heterocycles. The van der Waals surface area contributed by atoms with Gasteiger partial charge in [-0.2, -0.15) is 0 Å². The van der Waals surface area contributed by atoms with E-state index < -0.39 is 0 Å². The molecule has 0 fully saturated rings. The highest BCUT2D eigenvalue weighted by molar-refractivity contribution is 7.15. The van der Waals surface area contributed by atoms with Crippen LogP contribution in [0.5, 0.6) is 0 Å². The van der Waals surface area contributed by atoms with E-state index in [9.17, 15) is 4.79 Å². The number of carbonyl (C=O) groups excluding carboxylic acids is 1. The molecule has 0 bridgehead atoms. The molecule has 0 aliphatic heterocycles. The third kappa shape index (κ3) is 2.19. The summed E-state index contributed by atoms with van der Waals surface area (Å²) in [5.41, 5.74) is 0.652. The zero-order valence-corrected chi connectivity index (χ0v) is 10.9. The van der Waals surface area contributed by atoms with Gasteiger partial charge in [-0.25, -0.2) is 0 Å². The number of aryl methyl sites for hydroxylation is 1. The minimum Gasteiger partial charge on any atom is -0.350 e. The third-order valence-corrected chi connectivity index (χ3v) is 3.56. The first-order chi connectivity index (χ1) is 9.28. The number of fused-ring (bicyclic) bond motifs is 1. The molecule has 1 amide bonds. The maximum absolute atomic E-state index is 12.1. The van der Waals surface area contributed by atoms with Crippen molar-refractivity contribution in [3.63, 3.8) is 0 Å². The molecule has 96 valence electrons.